The van der Waals surface area contributed by atoms with Gasteiger partial charge in [-0.05, 0) is 25.7 Å². The molecule has 0 radical (unpaired) electrons. The van der Waals surface area contributed by atoms with Gasteiger partial charge in [-0.15, -0.1) is 0 Å². The molecule has 0 aliphatic rings. The number of unbranched alkanes of at least 4 members (excludes halogenated alkanes) is 20. The zero-order chi connectivity index (χ0) is 31.3. The number of carboxylic acid groups (broad SMARTS) is 1. The van der Waals surface area contributed by atoms with E-state index in [-0.39, 0.29) is 43.6 Å². The summed E-state index contributed by atoms with van der Waals surface area (Å²) in [7, 11) is 0. The van der Waals surface area contributed by atoms with Crippen LogP contribution in [0.25, 0.3) is 0 Å². The molecule has 0 aromatic carbocycles. The molecule has 0 bridgehead atoms. The zero-order valence-electron chi connectivity index (χ0n) is 27.4. The van der Waals surface area contributed by atoms with E-state index in [1.165, 1.54) is 89.9 Å². The number of hydrogen-bond donors (Lipinski definition) is 3. The van der Waals surface area contributed by atoms with E-state index in [1.54, 1.807) is 0 Å². The predicted octanol–water partition coefficient (Wildman–Crippen LogP) is 8.25. The van der Waals surface area contributed by atoms with Crippen molar-refractivity contribution in [2.45, 2.75) is 187 Å². The smallest absolute Gasteiger partial charge is 0.326 e. The average molecular weight is 595 g/mol. The summed E-state index contributed by atoms with van der Waals surface area (Å²) < 4.78 is 0. The van der Waals surface area contributed by atoms with Gasteiger partial charge in [0.1, 0.15) is 6.04 Å². The van der Waals surface area contributed by atoms with Gasteiger partial charge in [-0.2, -0.15) is 0 Å². The first-order valence-corrected chi connectivity index (χ1v) is 17.5. The van der Waals surface area contributed by atoms with Gasteiger partial charge in [0.05, 0.1) is 0 Å². The van der Waals surface area contributed by atoms with E-state index in [0.717, 1.165) is 43.4 Å². The minimum atomic E-state index is -1.18. The van der Waals surface area contributed by atoms with Crippen LogP contribution in [0.2, 0.25) is 0 Å². The number of carbonyl (C=O) groups excluding carboxylic acids is 2. The van der Waals surface area contributed by atoms with Gasteiger partial charge in [0.25, 0.3) is 0 Å². The van der Waals surface area contributed by atoms with Crippen LogP contribution in [0.15, 0.2) is 4.99 Å². The molecule has 0 saturated carbocycles. The van der Waals surface area contributed by atoms with Crippen LogP contribution >= 0.6 is 0 Å². The lowest BCUT2D eigenvalue weighted by Crippen LogP contribution is -2.48. The molecule has 0 aliphatic carbocycles. The molecule has 8 nitrogen and oxygen atoms in total. The van der Waals surface area contributed by atoms with E-state index in [2.05, 4.69) is 18.8 Å². The summed E-state index contributed by atoms with van der Waals surface area (Å²) in [6, 6.07) is -1.18. The van der Waals surface area contributed by atoms with Crippen LogP contribution in [0.4, 0.5) is 0 Å². The van der Waals surface area contributed by atoms with E-state index in [4.69, 9.17) is 11.5 Å². The van der Waals surface area contributed by atoms with E-state index in [9.17, 15) is 19.5 Å². The molecule has 42 heavy (non-hydrogen) atoms. The van der Waals surface area contributed by atoms with Crippen molar-refractivity contribution in [2.75, 3.05) is 6.54 Å². The summed E-state index contributed by atoms with van der Waals surface area (Å²) in [5.41, 5.74) is 10.8. The van der Waals surface area contributed by atoms with Crippen LogP contribution in [-0.2, 0) is 14.4 Å². The normalized spacial score (nSPS) is 11.8. The van der Waals surface area contributed by atoms with E-state index in [1.807, 2.05) is 0 Å². The number of aliphatic imine (C=N–C) groups is 1. The number of amides is 2. The summed E-state index contributed by atoms with van der Waals surface area (Å²) in [4.78, 5) is 43.5. The Bertz CT molecular complexity index is 672. The molecule has 1 atom stereocenters. The number of aliphatic carboxylic acids is 1. The van der Waals surface area contributed by atoms with Crippen LogP contribution in [0.5, 0.6) is 0 Å². The molecule has 0 aromatic rings. The number of nitrogens with zero attached hydrogens (tertiary/aromatic N) is 2. The quantitative estimate of drug-likeness (QED) is 0.0434. The number of carbonyl (C=O) groups is 3. The van der Waals surface area contributed by atoms with Crippen molar-refractivity contribution in [2.24, 2.45) is 16.5 Å². The molecule has 0 saturated heterocycles. The highest BCUT2D eigenvalue weighted by molar-refractivity contribution is 5.99. The Balaban J connectivity index is 4.65. The maximum atomic E-state index is 13.2. The number of rotatable bonds is 30. The lowest BCUT2D eigenvalue weighted by atomic mass is 10.0. The highest BCUT2D eigenvalue weighted by Crippen LogP contribution is 2.18. The second-order valence-corrected chi connectivity index (χ2v) is 12.0. The standard InChI is InChI=1S/C34H66N4O4/c1-3-5-7-9-11-13-15-17-19-21-23-27-31(39)38(30(33(41)42)26-25-29-37-34(35)36)32(40)28-24-22-20-18-16-14-12-10-8-6-4-2/h30H,3-29H2,1-2H3,(H,41,42)(H4,35,36,37). The Labute approximate surface area is 257 Å². The van der Waals surface area contributed by atoms with Gasteiger partial charge < -0.3 is 16.6 Å². The summed E-state index contributed by atoms with van der Waals surface area (Å²) in [6.07, 6.45) is 26.7. The maximum Gasteiger partial charge on any atom is 0.326 e. The summed E-state index contributed by atoms with van der Waals surface area (Å²) in [6.45, 7) is 4.73. The lowest BCUT2D eigenvalue weighted by Gasteiger charge is -2.27. The monoisotopic (exact) mass is 595 g/mol. The molecule has 0 aliphatic heterocycles. The maximum absolute atomic E-state index is 13.2. The van der Waals surface area contributed by atoms with Crippen molar-refractivity contribution in [3.63, 3.8) is 0 Å². The number of carboxylic acids is 1. The van der Waals surface area contributed by atoms with Crippen LogP contribution in [0.1, 0.15) is 181 Å². The zero-order valence-corrected chi connectivity index (χ0v) is 27.4. The first-order valence-electron chi connectivity index (χ1n) is 17.5. The fourth-order valence-electron chi connectivity index (χ4n) is 5.46. The van der Waals surface area contributed by atoms with Crippen molar-refractivity contribution >= 4 is 23.7 Å². The van der Waals surface area contributed by atoms with Gasteiger partial charge in [0.2, 0.25) is 11.8 Å². The molecule has 0 rings (SSSR count). The van der Waals surface area contributed by atoms with Crippen molar-refractivity contribution in [3.8, 4) is 0 Å². The van der Waals surface area contributed by atoms with Gasteiger partial charge in [0, 0.05) is 19.4 Å². The SMILES string of the molecule is CCCCCCCCCCCCCC(=O)N(C(=O)CCCCCCCCCCCCC)C(CCCN=C(N)N)C(=O)O. The average Bonchev–Trinajstić information content (AvgIpc) is 2.95. The van der Waals surface area contributed by atoms with E-state index < -0.39 is 12.0 Å². The Hall–Kier alpha value is -2.12. The fraction of sp³-hybridized carbons (Fsp3) is 0.882. The first kappa shape index (κ1) is 39.9. The Morgan fingerprint density at radius 2 is 0.905 bits per heavy atom. The van der Waals surface area contributed by atoms with Crippen molar-refractivity contribution in [3.05, 3.63) is 0 Å². The minimum absolute atomic E-state index is 0.0566. The molecule has 246 valence electrons. The molecule has 8 heteroatoms. The minimum Gasteiger partial charge on any atom is -0.480 e. The van der Waals surface area contributed by atoms with E-state index in [0.29, 0.717) is 19.3 Å². The summed E-state index contributed by atoms with van der Waals surface area (Å²) in [5, 5.41) is 9.94. The van der Waals surface area contributed by atoms with Gasteiger partial charge in [-0.3, -0.25) is 19.5 Å². The van der Waals surface area contributed by atoms with E-state index >= 15 is 0 Å². The third-order valence-electron chi connectivity index (χ3n) is 8.05. The Kier molecular flexibility index (Phi) is 27.5. The van der Waals surface area contributed by atoms with Gasteiger partial charge in [-0.25, -0.2) is 4.79 Å². The molecule has 0 fully saturated rings. The fourth-order valence-corrected chi connectivity index (χ4v) is 5.46. The molecule has 0 aromatic heterocycles. The van der Waals surface area contributed by atoms with Crippen LogP contribution < -0.4 is 11.5 Å². The molecule has 5 N–H and O–H groups in total. The van der Waals surface area contributed by atoms with Gasteiger partial charge in [-0.1, -0.05) is 142 Å². The molecule has 0 spiro atoms. The molecule has 1 unspecified atom stereocenters. The van der Waals surface area contributed by atoms with Crippen molar-refractivity contribution in [1.29, 1.82) is 0 Å². The number of nitrogens with two attached hydrogens (primary N) is 2. The predicted molar refractivity (Wildman–Crippen MR) is 175 cm³/mol. The highest BCUT2D eigenvalue weighted by atomic mass is 16.4. The second-order valence-electron chi connectivity index (χ2n) is 12.0. The largest absolute Gasteiger partial charge is 0.480 e. The Morgan fingerprint density at radius 1 is 0.571 bits per heavy atom. The third kappa shape index (κ3) is 23.4. The van der Waals surface area contributed by atoms with Crippen LogP contribution in [0, 0.1) is 0 Å². The lowest BCUT2D eigenvalue weighted by molar-refractivity contribution is -0.158. The highest BCUT2D eigenvalue weighted by Gasteiger charge is 2.33. The van der Waals surface area contributed by atoms with Gasteiger partial charge in [0.15, 0.2) is 5.96 Å². The summed E-state index contributed by atoms with van der Waals surface area (Å²) in [5.74, 6) is -1.94. The third-order valence-corrected chi connectivity index (χ3v) is 8.05. The second kappa shape index (κ2) is 29.0. The molecular weight excluding hydrogens is 528 g/mol. The number of hydrogen-bond acceptors (Lipinski definition) is 4. The topological polar surface area (TPSA) is 139 Å². The van der Waals surface area contributed by atoms with Gasteiger partial charge >= 0.3 is 5.97 Å². The first-order chi connectivity index (χ1) is 20.3. The van der Waals surface area contributed by atoms with Crippen molar-refractivity contribution < 1.29 is 19.5 Å². The molecular formula is C34H66N4O4. The summed E-state index contributed by atoms with van der Waals surface area (Å²) >= 11 is 0. The number of guanidine groups is 1. The van der Waals surface area contributed by atoms with Crippen LogP contribution in [0.3, 0.4) is 0 Å². The molecule has 0 heterocycles. The Morgan fingerprint density at radius 3 is 1.21 bits per heavy atom. The van der Waals surface area contributed by atoms with Crippen LogP contribution in [-0.4, -0.2) is 46.3 Å². The number of imide groups is 1. The van der Waals surface area contributed by atoms with Crippen molar-refractivity contribution in [1.82, 2.24) is 4.90 Å². The molecule has 2 amide bonds.